The van der Waals surface area contributed by atoms with Gasteiger partial charge in [-0.05, 0) is 0 Å². The van der Waals surface area contributed by atoms with Gasteiger partial charge in [0.15, 0.2) is 0 Å². The summed E-state index contributed by atoms with van der Waals surface area (Å²) in [6.45, 7) is 0. The second-order valence-electron chi connectivity index (χ2n) is 2.51. The number of carbonyl (C=O) groups is 2. The quantitative estimate of drug-likeness (QED) is 0.322. The third-order valence-electron chi connectivity index (χ3n) is 1.48. The fraction of sp³-hybridized carbons (Fsp3) is 0.667. The van der Waals surface area contributed by atoms with E-state index in [4.69, 9.17) is 20.4 Å². The monoisotopic (exact) mass is 416 g/mol. The summed E-state index contributed by atoms with van der Waals surface area (Å²) in [5.74, 6) is -4.22. The van der Waals surface area contributed by atoms with Crippen molar-refractivity contribution in [3.63, 3.8) is 0 Å². The van der Waals surface area contributed by atoms with Crippen LogP contribution in [0.2, 0.25) is 0 Å². The molecule has 0 aliphatic rings. The summed E-state index contributed by atoms with van der Waals surface area (Å²) in [6.07, 6.45) is -9.76. The zero-order valence-electron chi connectivity index (χ0n) is 7.23. The van der Waals surface area contributed by atoms with Crippen molar-refractivity contribution in [3.05, 3.63) is 0 Å². The molecule has 0 unspecified atom stereocenters. The van der Waals surface area contributed by atoms with Crippen LogP contribution in [0.3, 0.4) is 0 Å². The SMILES string of the molecule is O=C([O-])[C@@H](O)[C@@H](O)[C@H](O)[C@@H](O)C(=O)[O-].[Pb+2]. The van der Waals surface area contributed by atoms with Gasteiger partial charge < -0.3 is 40.2 Å². The molecular weight excluding hydrogens is 407 g/mol. The van der Waals surface area contributed by atoms with Crippen molar-refractivity contribution in [2.24, 2.45) is 0 Å². The van der Waals surface area contributed by atoms with Crippen molar-refractivity contribution < 1.29 is 40.2 Å². The largest absolute Gasteiger partial charge is 2.00 e. The van der Waals surface area contributed by atoms with Crippen molar-refractivity contribution in [3.8, 4) is 0 Å². The van der Waals surface area contributed by atoms with Gasteiger partial charge in [0.2, 0.25) is 0 Å². The van der Waals surface area contributed by atoms with Gasteiger partial charge in [0.05, 0.1) is 11.9 Å². The van der Waals surface area contributed by atoms with Gasteiger partial charge in [-0.1, -0.05) is 0 Å². The summed E-state index contributed by atoms with van der Waals surface area (Å²) in [6, 6.07) is 0. The molecule has 0 aromatic carbocycles. The average Bonchev–Trinajstić information content (AvgIpc) is 2.12. The Balaban J connectivity index is 0. The summed E-state index contributed by atoms with van der Waals surface area (Å²) in [5, 5.41) is 54.7. The van der Waals surface area contributed by atoms with Gasteiger partial charge in [-0.25, -0.2) is 0 Å². The van der Waals surface area contributed by atoms with Gasteiger partial charge in [-0.15, -0.1) is 0 Å². The number of rotatable bonds is 5. The minimum absolute atomic E-state index is 0. The number of aliphatic hydroxyl groups excluding tert-OH is 4. The molecular formula is C6H8O8Pb. The number of carbonyl (C=O) groups excluding carboxylic acids is 2. The normalized spacial score (nSPS) is 18.1. The van der Waals surface area contributed by atoms with Crippen LogP contribution < -0.4 is 10.2 Å². The second kappa shape index (κ2) is 7.05. The van der Waals surface area contributed by atoms with Gasteiger partial charge in [0, 0.05) is 0 Å². The van der Waals surface area contributed by atoms with Crippen LogP contribution in [-0.2, 0) is 9.59 Å². The molecule has 0 saturated heterocycles. The summed E-state index contributed by atoms with van der Waals surface area (Å²) in [5.41, 5.74) is 0. The zero-order chi connectivity index (χ0) is 11.5. The molecule has 0 aromatic rings. The molecule has 0 spiro atoms. The summed E-state index contributed by atoms with van der Waals surface area (Å²) < 4.78 is 0. The van der Waals surface area contributed by atoms with Crippen LogP contribution >= 0.6 is 0 Å². The van der Waals surface area contributed by atoms with Gasteiger partial charge >= 0.3 is 27.3 Å². The molecule has 0 aromatic heterocycles. The van der Waals surface area contributed by atoms with E-state index in [1.54, 1.807) is 0 Å². The third-order valence-corrected chi connectivity index (χ3v) is 1.48. The average molecular weight is 415 g/mol. The first-order chi connectivity index (χ1) is 6.29. The van der Waals surface area contributed by atoms with Crippen molar-refractivity contribution in [1.29, 1.82) is 0 Å². The fourth-order valence-corrected chi connectivity index (χ4v) is 0.652. The Morgan fingerprint density at radius 3 is 1.13 bits per heavy atom. The van der Waals surface area contributed by atoms with Gasteiger partial charge in [-0.3, -0.25) is 0 Å². The molecule has 4 N–H and O–H groups in total. The first kappa shape index (κ1) is 17.1. The summed E-state index contributed by atoms with van der Waals surface area (Å²) in [4.78, 5) is 19.9. The van der Waals surface area contributed by atoms with Crippen LogP contribution in [0.25, 0.3) is 0 Å². The Kier molecular flexibility index (Phi) is 8.05. The van der Waals surface area contributed by atoms with E-state index in [9.17, 15) is 19.8 Å². The van der Waals surface area contributed by atoms with Gasteiger partial charge in [-0.2, -0.15) is 0 Å². The smallest absolute Gasteiger partial charge is 0.547 e. The minimum atomic E-state index is -2.50. The van der Waals surface area contributed by atoms with Crippen LogP contribution in [0.15, 0.2) is 0 Å². The Hall–Kier alpha value is -0.298. The molecule has 4 atom stereocenters. The summed E-state index contributed by atoms with van der Waals surface area (Å²) >= 11 is 0. The molecule has 0 bridgehead atoms. The maximum absolute atomic E-state index is 9.96. The fourth-order valence-electron chi connectivity index (χ4n) is 0.652. The van der Waals surface area contributed by atoms with Crippen molar-refractivity contribution in [1.82, 2.24) is 0 Å². The molecule has 0 amide bonds. The van der Waals surface area contributed by atoms with Crippen molar-refractivity contribution >= 4 is 39.2 Å². The molecule has 84 valence electrons. The Bertz CT molecular complexity index is 207. The first-order valence-corrected chi connectivity index (χ1v) is 3.43. The molecule has 0 saturated carbocycles. The van der Waals surface area contributed by atoms with E-state index in [0.29, 0.717) is 0 Å². The predicted octanol–water partition coefficient (Wildman–Crippen LogP) is -6.45. The molecule has 2 radical (unpaired) electrons. The van der Waals surface area contributed by atoms with Crippen LogP contribution in [0.4, 0.5) is 0 Å². The van der Waals surface area contributed by atoms with Crippen LogP contribution in [0.1, 0.15) is 0 Å². The van der Waals surface area contributed by atoms with Gasteiger partial charge in [0.25, 0.3) is 0 Å². The number of hydrogen-bond donors (Lipinski definition) is 4. The molecule has 8 nitrogen and oxygen atoms in total. The number of aliphatic hydroxyl groups is 4. The molecule has 0 fully saturated rings. The van der Waals surface area contributed by atoms with Crippen LogP contribution in [0, 0.1) is 0 Å². The van der Waals surface area contributed by atoms with Crippen LogP contribution in [0.5, 0.6) is 0 Å². The number of carboxylic acid groups (broad SMARTS) is 2. The second-order valence-corrected chi connectivity index (χ2v) is 2.51. The topological polar surface area (TPSA) is 161 Å². The standard InChI is InChI=1S/C6H10O8.Pb/c7-1(3(9)5(11)12)2(8)4(10)6(13)14;/h1-4,7-10H,(H,11,12)(H,13,14);/q;+2/p-2/t1-,2-,3-,4+;/m0./s1. The minimum Gasteiger partial charge on any atom is -0.547 e. The van der Waals surface area contributed by atoms with E-state index in [0.717, 1.165) is 0 Å². The van der Waals surface area contributed by atoms with E-state index in [2.05, 4.69) is 0 Å². The number of hydrogen-bond acceptors (Lipinski definition) is 8. The zero-order valence-corrected chi connectivity index (χ0v) is 11.1. The molecule has 0 aliphatic heterocycles. The van der Waals surface area contributed by atoms with E-state index in [1.807, 2.05) is 0 Å². The van der Waals surface area contributed by atoms with Crippen molar-refractivity contribution in [2.45, 2.75) is 24.4 Å². The Labute approximate surface area is 104 Å². The predicted molar refractivity (Wildman–Crippen MR) is 39.8 cm³/mol. The molecule has 0 heterocycles. The van der Waals surface area contributed by atoms with E-state index < -0.39 is 36.4 Å². The van der Waals surface area contributed by atoms with Crippen LogP contribution in [-0.4, -0.2) is 84.1 Å². The molecule has 0 aliphatic carbocycles. The maximum atomic E-state index is 9.96. The van der Waals surface area contributed by atoms with Gasteiger partial charge in [0.1, 0.15) is 24.4 Å². The summed E-state index contributed by atoms with van der Waals surface area (Å²) in [7, 11) is 0. The third kappa shape index (κ3) is 4.83. The number of aliphatic carboxylic acids is 2. The Morgan fingerprint density at radius 1 is 0.800 bits per heavy atom. The van der Waals surface area contributed by atoms with E-state index in [1.165, 1.54) is 0 Å². The Morgan fingerprint density at radius 2 is 1.00 bits per heavy atom. The maximum Gasteiger partial charge on any atom is 2.00 e. The van der Waals surface area contributed by atoms with E-state index >= 15 is 0 Å². The van der Waals surface area contributed by atoms with Crippen molar-refractivity contribution in [2.75, 3.05) is 0 Å². The van der Waals surface area contributed by atoms with E-state index in [-0.39, 0.29) is 27.3 Å². The molecule has 15 heavy (non-hydrogen) atoms. The number of carboxylic acids is 2. The molecule has 0 rings (SSSR count). The molecule has 9 heteroatoms. The first-order valence-electron chi connectivity index (χ1n) is 3.43.